The molecule has 0 unspecified atom stereocenters. The van der Waals surface area contributed by atoms with Crippen LogP contribution in [0.5, 0.6) is 0 Å². The normalized spacial score (nSPS) is 12.9. The van der Waals surface area contributed by atoms with Gasteiger partial charge in [-0.1, -0.05) is 6.92 Å². The molecule has 0 aromatic carbocycles. The molecule has 4 heteroatoms. The van der Waals surface area contributed by atoms with Crippen LogP contribution >= 0.6 is 15.9 Å². The van der Waals surface area contributed by atoms with E-state index in [4.69, 9.17) is 5.73 Å². The maximum atomic E-state index is 11.4. The summed E-state index contributed by atoms with van der Waals surface area (Å²) in [6.45, 7) is 1.95. The number of nitrogens with one attached hydrogen (secondary N) is 1. The van der Waals surface area contributed by atoms with Gasteiger partial charge in [-0.3, -0.25) is 4.79 Å². The summed E-state index contributed by atoms with van der Waals surface area (Å²) in [6, 6.07) is -0.175. The first-order valence-corrected chi connectivity index (χ1v) is 4.58. The molecule has 0 amide bonds. The van der Waals surface area contributed by atoms with Gasteiger partial charge in [0.1, 0.15) is 0 Å². The molecule has 1 heterocycles. The highest BCUT2D eigenvalue weighted by atomic mass is 79.9. The van der Waals surface area contributed by atoms with Crippen LogP contribution in [0.25, 0.3) is 0 Å². The second-order valence-electron chi connectivity index (χ2n) is 2.60. The number of hydrogen-bond donors (Lipinski definition) is 2. The maximum Gasteiger partial charge on any atom is 0.200 e. The molecule has 66 valence electrons. The van der Waals surface area contributed by atoms with Crippen LogP contribution in [0.1, 0.15) is 24.9 Å². The molecule has 1 rings (SSSR count). The Labute approximate surface area is 79.1 Å². The molecule has 0 spiro atoms. The Kier molecular flexibility index (Phi) is 3.05. The van der Waals surface area contributed by atoms with Crippen LogP contribution in [0.2, 0.25) is 0 Å². The quantitative estimate of drug-likeness (QED) is 0.811. The van der Waals surface area contributed by atoms with Crippen molar-refractivity contribution in [2.24, 2.45) is 5.73 Å². The third kappa shape index (κ3) is 1.76. The van der Waals surface area contributed by atoms with Gasteiger partial charge in [-0.05, 0) is 22.4 Å². The summed E-state index contributed by atoms with van der Waals surface area (Å²) in [5, 5.41) is 0. The summed E-state index contributed by atoms with van der Waals surface area (Å²) in [5.41, 5.74) is 6.33. The molecule has 3 N–H and O–H groups in total. The summed E-state index contributed by atoms with van der Waals surface area (Å²) in [7, 11) is 0. The average molecular weight is 231 g/mol. The molecule has 0 aliphatic rings. The number of hydrogen-bond acceptors (Lipinski definition) is 2. The molecule has 0 aliphatic heterocycles. The van der Waals surface area contributed by atoms with Gasteiger partial charge in [0.15, 0.2) is 5.43 Å². The van der Waals surface area contributed by atoms with Crippen molar-refractivity contribution in [1.82, 2.24) is 4.98 Å². The first-order chi connectivity index (χ1) is 5.66. The summed E-state index contributed by atoms with van der Waals surface area (Å²) >= 11 is 3.14. The van der Waals surface area contributed by atoms with Crippen LogP contribution in [-0.2, 0) is 0 Å². The standard InChI is InChI=1S/C8H11BrN2O/c1-2-7(10)5-3-11-4-6(9)8(5)12/h3-4,7H,2,10H2,1H3,(H,11,12)/t7-/m0/s1. The Morgan fingerprint density at radius 3 is 2.92 bits per heavy atom. The fourth-order valence-corrected chi connectivity index (χ4v) is 1.33. The van der Waals surface area contributed by atoms with Crippen molar-refractivity contribution < 1.29 is 0 Å². The third-order valence-corrected chi connectivity index (χ3v) is 2.36. The molecular weight excluding hydrogens is 220 g/mol. The molecular formula is C8H11BrN2O. The largest absolute Gasteiger partial charge is 0.366 e. The van der Waals surface area contributed by atoms with Gasteiger partial charge < -0.3 is 10.7 Å². The number of pyridine rings is 1. The minimum Gasteiger partial charge on any atom is -0.366 e. The zero-order valence-corrected chi connectivity index (χ0v) is 8.39. The van der Waals surface area contributed by atoms with E-state index in [1.165, 1.54) is 0 Å². The number of H-pyrrole nitrogens is 1. The first-order valence-electron chi connectivity index (χ1n) is 3.79. The van der Waals surface area contributed by atoms with E-state index in [-0.39, 0.29) is 11.5 Å². The number of aromatic nitrogens is 1. The molecule has 0 saturated carbocycles. The molecule has 0 aliphatic carbocycles. The number of halogens is 1. The lowest BCUT2D eigenvalue weighted by atomic mass is 10.1. The van der Waals surface area contributed by atoms with E-state index >= 15 is 0 Å². The van der Waals surface area contributed by atoms with Crippen molar-refractivity contribution in [2.45, 2.75) is 19.4 Å². The maximum absolute atomic E-state index is 11.4. The average Bonchev–Trinajstić information content (AvgIpc) is 2.08. The summed E-state index contributed by atoms with van der Waals surface area (Å²) in [6.07, 6.45) is 4.02. The van der Waals surface area contributed by atoms with Gasteiger partial charge in [0.05, 0.1) is 4.47 Å². The highest BCUT2D eigenvalue weighted by molar-refractivity contribution is 9.10. The SMILES string of the molecule is CC[C@H](N)c1c[nH]cc(Br)c1=O. The van der Waals surface area contributed by atoms with Gasteiger partial charge >= 0.3 is 0 Å². The fraction of sp³-hybridized carbons (Fsp3) is 0.375. The molecule has 3 nitrogen and oxygen atoms in total. The van der Waals surface area contributed by atoms with Crippen molar-refractivity contribution in [3.63, 3.8) is 0 Å². The van der Waals surface area contributed by atoms with Crippen LogP contribution in [0, 0.1) is 0 Å². The highest BCUT2D eigenvalue weighted by Crippen LogP contribution is 2.10. The Balaban J connectivity index is 3.17. The second-order valence-corrected chi connectivity index (χ2v) is 3.46. The van der Waals surface area contributed by atoms with Gasteiger partial charge in [-0.15, -0.1) is 0 Å². The van der Waals surface area contributed by atoms with Gasteiger partial charge in [0, 0.05) is 24.0 Å². The summed E-state index contributed by atoms with van der Waals surface area (Å²) < 4.78 is 0.531. The predicted molar refractivity (Wildman–Crippen MR) is 52.0 cm³/mol. The smallest absolute Gasteiger partial charge is 0.200 e. The van der Waals surface area contributed by atoms with Crippen molar-refractivity contribution in [3.8, 4) is 0 Å². The molecule has 1 atom stereocenters. The molecule has 0 radical (unpaired) electrons. The third-order valence-electron chi connectivity index (χ3n) is 1.77. The van der Waals surface area contributed by atoms with E-state index in [9.17, 15) is 4.79 Å². The van der Waals surface area contributed by atoms with Gasteiger partial charge in [0.2, 0.25) is 0 Å². The van der Waals surface area contributed by atoms with Crippen LogP contribution < -0.4 is 11.2 Å². The zero-order valence-electron chi connectivity index (χ0n) is 6.80. The fourth-order valence-electron chi connectivity index (χ4n) is 0.969. The van der Waals surface area contributed by atoms with E-state index in [1.807, 2.05) is 6.92 Å². The van der Waals surface area contributed by atoms with Crippen LogP contribution in [0.3, 0.4) is 0 Å². The minimum atomic E-state index is -0.175. The number of nitrogens with two attached hydrogens (primary N) is 1. The van der Waals surface area contributed by atoms with Crippen molar-refractivity contribution >= 4 is 15.9 Å². The second kappa shape index (κ2) is 3.87. The van der Waals surface area contributed by atoms with Gasteiger partial charge in [-0.25, -0.2) is 0 Å². The van der Waals surface area contributed by atoms with E-state index in [2.05, 4.69) is 20.9 Å². The Bertz CT molecular complexity index is 321. The van der Waals surface area contributed by atoms with Crippen LogP contribution in [-0.4, -0.2) is 4.98 Å². The first kappa shape index (κ1) is 9.48. The number of aromatic amines is 1. The molecule has 1 aromatic heterocycles. The van der Waals surface area contributed by atoms with Crippen molar-refractivity contribution in [1.29, 1.82) is 0 Å². The summed E-state index contributed by atoms with van der Waals surface area (Å²) in [4.78, 5) is 14.3. The van der Waals surface area contributed by atoms with E-state index < -0.39 is 0 Å². The number of rotatable bonds is 2. The lowest BCUT2D eigenvalue weighted by molar-refractivity contribution is 0.689. The van der Waals surface area contributed by atoms with Crippen molar-refractivity contribution in [3.05, 3.63) is 32.7 Å². The Hall–Kier alpha value is -0.610. The van der Waals surface area contributed by atoms with E-state index in [0.29, 0.717) is 10.0 Å². The van der Waals surface area contributed by atoms with Gasteiger partial charge in [0.25, 0.3) is 0 Å². The predicted octanol–water partition coefficient (Wildman–Crippen LogP) is 1.55. The minimum absolute atomic E-state index is 0.0249. The molecule has 12 heavy (non-hydrogen) atoms. The van der Waals surface area contributed by atoms with Crippen molar-refractivity contribution in [2.75, 3.05) is 0 Å². The highest BCUT2D eigenvalue weighted by Gasteiger charge is 2.08. The zero-order chi connectivity index (χ0) is 9.14. The lowest BCUT2D eigenvalue weighted by Gasteiger charge is -2.07. The molecule has 1 aromatic rings. The Morgan fingerprint density at radius 1 is 1.67 bits per heavy atom. The lowest BCUT2D eigenvalue weighted by Crippen LogP contribution is -2.19. The molecule has 0 saturated heterocycles. The summed E-state index contributed by atoms with van der Waals surface area (Å²) in [5.74, 6) is 0. The molecule has 0 bridgehead atoms. The van der Waals surface area contributed by atoms with Gasteiger partial charge in [-0.2, -0.15) is 0 Å². The van der Waals surface area contributed by atoms with E-state index in [1.54, 1.807) is 12.4 Å². The monoisotopic (exact) mass is 230 g/mol. The van der Waals surface area contributed by atoms with Crippen LogP contribution in [0.4, 0.5) is 0 Å². The topological polar surface area (TPSA) is 58.9 Å². The molecule has 0 fully saturated rings. The van der Waals surface area contributed by atoms with Crippen LogP contribution in [0.15, 0.2) is 21.7 Å². The Morgan fingerprint density at radius 2 is 2.33 bits per heavy atom. The van der Waals surface area contributed by atoms with E-state index in [0.717, 1.165) is 6.42 Å².